The van der Waals surface area contributed by atoms with Crippen molar-refractivity contribution in [3.05, 3.63) is 107 Å². The lowest BCUT2D eigenvalue weighted by atomic mass is 10.0. The van der Waals surface area contributed by atoms with E-state index >= 15 is 0 Å². The van der Waals surface area contributed by atoms with E-state index in [0.717, 1.165) is 0 Å². The first kappa shape index (κ1) is 23.4. The molecule has 0 aliphatic carbocycles. The molecule has 2 aromatic carbocycles. The predicted octanol–water partition coefficient (Wildman–Crippen LogP) is 3.41. The van der Waals surface area contributed by atoms with E-state index in [4.69, 9.17) is 14.2 Å². The van der Waals surface area contributed by atoms with E-state index in [-0.39, 0.29) is 6.61 Å². The molecule has 4 unspecified atom stereocenters. The first-order chi connectivity index (χ1) is 17.5. The molecule has 1 aliphatic rings. The van der Waals surface area contributed by atoms with Crippen LogP contribution >= 0.6 is 0 Å². The van der Waals surface area contributed by atoms with Gasteiger partial charge >= 0.3 is 17.6 Å². The van der Waals surface area contributed by atoms with Crippen LogP contribution in [-0.4, -0.2) is 45.3 Å². The lowest BCUT2D eigenvalue weighted by Gasteiger charge is -2.21. The van der Waals surface area contributed by atoms with Crippen LogP contribution in [0.2, 0.25) is 0 Å². The molecule has 36 heavy (non-hydrogen) atoms. The number of nitrogens with zero attached hydrogens (tertiary/aromatic N) is 3. The lowest BCUT2D eigenvalue weighted by molar-refractivity contribution is -0.0586. The summed E-state index contributed by atoms with van der Waals surface area (Å²) in [4.78, 5) is 46.4. The highest BCUT2D eigenvalue weighted by Crippen LogP contribution is 2.36. The second-order valence-corrected chi connectivity index (χ2v) is 8.47. The summed E-state index contributed by atoms with van der Waals surface area (Å²) >= 11 is 0. The van der Waals surface area contributed by atoms with Gasteiger partial charge in [-0.2, -0.15) is 4.98 Å². The zero-order valence-electron chi connectivity index (χ0n) is 19.4. The van der Waals surface area contributed by atoms with Gasteiger partial charge in [0.2, 0.25) is 0 Å². The van der Waals surface area contributed by atoms with Gasteiger partial charge in [-0.1, -0.05) is 43.3 Å². The molecular weight excluding hydrogens is 462 g/mol. The fraction of sp³-hybridized carbons (Fsp3) is 0.222. The Labute approximate surface area is 206 Å². The van der Waals surface area contributed by atoms with Crippen LogP contribution in [0.1, 0.15) is 33.9 Å². The molecule has 0 N–H and O–H groups in total. The minimum absolute atomic E-state index is 0.168. The molecule has 0 radical (unpaired) electrons. The van der Waals surface area contributed by atoms with Gasteiger partial charge in [0.25, 0.3) is 0 Å². The zero-order chi connectivity index (χ0) is 25.1. The average Bonchev–Trinajstić information content (AvgIpc) is 3.22. The third-order valence-corrected chi connectivity index (χ3v) is 6.08. The molecule has 3 heterocycles. The van der Waals surface area contributed by atoms with Gasteiger partial charge in [-0.15, -0.1) is 0 Å². The van der Waals surface area contributed by atoms with Crippen LogP contribution < -0.4 is 5.69 Å². The number of rotatable bonds is 6. The molecule has 1 saturated heterocycles. The largest absolute Gasteiger partial charge is 0.459 e. The second-order valence-electron chi connectivity index (χ2n) is 8.47. The number of benzene rings is 2. The molecule has 9 nitrogen and oxygen atoms in total. The SMILES string of the molecule is CC1C(OC(=O)c2ccccc2)C(COC(=O)c2ccccc2)OC1n1cc2cccnc2nc1=O. The maximum Gasteiger partial charge on any atom is 0.351 e. The third-order valence-electron chi connectivity index (χ3n) is 6.08. The van der Waals surface area contributed by atoms with Crippen LogP contribution in [0.15, 0.2) is 90.0 Å². The van der Waals surface area contributed by atoms with Gasteiger partial charge in [0.1, 0.15) is 25.0 Å². The van der Waals surface area contributed by atoms with E-state index in [1.54, 1.807) is 85.2 Å². The molecule has 182 valence electrons. The molecular formula is C27H23N3O6. The molecule has 0 spiro atoms. The van der Waals surface area contributed by atoms with E-state index in [9.17, 15) is 14.4 Å². The fourth-order valence-corrected chi connectivity index (χ4v) is 4.24. The molecule has 1 fully saturated rings. The summed E-state index contributed by atoms with van der Waals surface area (Å²) in [6.07, 6.45) is 0.783. The Hall–Kier alpha value is -4.37. The molecule has 2 aromatic heterocycles. The van der Waals surface area contributed by atoms with E-state index < -0.39 is 42.0 Å². The number of hydrogen-bond donors (Lipinski definition) is 0. The summed E-state index contributed by atoms with van der Waals surface area (Å²) in [7, 11) is 0. The maximum absolute atomic E-state index is 12.9. The summed E-state index contributed by atoms with van der Waals surface area (Å²) in [6.45, 7) is 1.64. The highest BCUT2D eigenvalue weighted by atomic mass is 16.6. The monoisotopic (exact) mass is 485 g/mol. The fourth-order valence-electron chi connectivity index (χ4n) is 4.24. The number of carbonyl (C=O) groups is 2. The third kappa shape index (κ3) is 4.73. The van der Waals surface area contributed by atoms with Crippen molar-refractivity contribution in [3.8, 4) is 0 Å². The van der Waals surface area contributed by atoms with Crippen LogP contribution in [0.25, 0.3) is 11.0 Å². The Morgan fingerprint density at radius 1 is 0.944 bits per heavy atom. The molecule has 0 bridgehead atoms. The van der Waals surface area contributed by atoms with Crippen LogP contribution in [0.3, 0.4) is 0 Å². The second kappa shape index (κ2) is 10.1. The summed E-state index contributed by atoms with van der Waals surface area (Å²) in [6, 6.07) is 20.7. The molecule has 9 heteroatoms. The number of esters is 2. The van der Waals surface area contributed by atoms with E-state index in [1.807, 2.05) is 6.92 Å². The van der Waals surface area contributed by atoms with Gasteiger partial charge in [-0.25, -0.2) is 19.4 Å². The quantitative estimate of drug-likeness (QED) is 0.382. The number of ether oxygens (including phenoxy) is 3. The van der Waals surface area contributed by atoms with Crippen molar-refractivity contribution in [2.75, 3.05) is 6.61 Å². The van der Waals surface area contributed by atoms with Crippen molar-refractivity contribution in [3.63, 3.8) is 0 Å². The van der Waals surface area contributed by atoms with Crippen molar-refractivity contribution in [2.45, 2.75) is 25.4 Å². The summed E-state index contributed by atoms with van der Waals surface area (Å²) < 4.78 is 18.9. The number of hydrogen-bond acceptors (Lipinski definition) is 8. The minimum Gasteiger partial charge on any atom is -0.459 e. The topological polar surface area (TPSA) is 110 Å². The van der Waals surface area contributed by atoms with Gasteiger partial charge in [-0.3, -0.25) is 4.57 Å². The summed E-state index contributed by atoms with van der Waals surface area (Å²) in [5.74, 6) is -1.52. The van der Waals surface area contributed by atoms with Crippen LogP contribution in [0, 0.1) is 5.92 Å². The van der Waals surface area contributed by atoms with Crippen molar-refractivity contribution in [1.82, 2.24) is 14.5 Å². The maximum atomic E-state index is 12.9. The zero-order valence-corrected chi connectivity index (χ0v) is 19.4. The Morgan fingerprint density at radius 2 is 1.61 bits per heavy atom. The van der Waals surface area contributed by atoms with E-state index in [0.29, 0.717) is 22.2 Å². The van der Waals surface area contributed by atoms with Crippen LogP contribution in [-0.2, 0) is 14.2 Å². The highest BCUT2D eigenvalue weighted by molar-refractivity contribution is 5.90. The molecule has 5 rings (SSSR count). The van der Waals surface area contributed by atoms with Gasteiger partial charge in [0.15, 0.2) is 5.65 Å². The van der Waals surface area contributed by atoms with Crippen LogP contribution in [0.4, 0.5) is 0 Å². The van der Waals surface area contributed by atoms with Crippen LogP contribution in [0.5, 0.6) is 0 Å². The smallest absolute Gasteiger partial charge is 0.351 e. The molecule has 1 aliphatic heterocycles. The predicted molar refractivity (Wildman–Crippen MR) is 129 cm³/mol. The molecule has 4 atom stereocenters. The van der Waals surface area contributed by atoms with E-state index in [1.165, 1.54) is 4.57 Å². The number of carbonyl (C=O) groups excluding carboxylic acids is 2. The lowest BCUT2D eigenvalue weighted by Crippen LogP contribution is -2.35. The highest BCUT2D eigenvalue weighted by Gasteiger charge is 2.46. The van der Waals surface area contributed by atoms with Crippen molar-refractivity contribution in [1.29, 1.82) is 0 Å². The number of aromatic nitrogens is 3. The standard InChI is InChI=1S/C27H23N3O6/c1-17-22(36-26(32)19-11-6-3-7-12-19)21(16-34-25(31)18-9-4-2-5-10-18)35-24(17)30-15-20-13-8-14-28-23(20)29-27(30)33/h2-15,17,21-22,24H,16H2,1H3. The average molecular weight is 485 g/mol. The molecule has 0 saturated carbocycles. The molecule has 4 aromatic rings. The van der Waals surface area contributed by atoms with Gasteiger partial charge in [0, 0.05) is 23.7 Å². The van der Waals surface area contributed by atoms with Crippen molar-refractivity contribution < 1.29 is 23.8 Å². The summed E-state index contributed by atoms with van der Waals surface area (Å²) in [5, 5.41) is 0.657. The Bertz CT molecular complexity index is 1440. The van der Waals surface area contributed by atoms with E-state index in [2.05, 4.69) is 9.97 Å². The Morgan fingerprint density at radius 3 is 2.31 bits per heavy atom. The Balaban J connectivity index is 1.42. The first-order valence-electron chi connectivity index (χ1n) is 11.5. The summed E-state index contributed by atoms with van der Waals surface area (Å²) in [5.41, 5.74) is 0.544. The minimum atomic E-state index is -0.804. The van der Waals surface area contributed by atoms with Gasteiger partial charge in [0.05, 0.1) is 11.1 Å². The number of pyridine rings is 1. The Kier molecular flexibility index (Phi) is 6.55. The van der Waals surface area contributed by atoms with Gasteiger partial charge < -0.3 is 14.2 Å². The first-order valence-corrected chi connectivity index (χ1v) is 11.5. The normalized spacial score (nSPS) is 21.2. The van der Waals surface area contributed by atoms with Crippen molar-refractivity contribution >= 4 is 23.0 Å². The molecule has 0 amide bonds. The van der Waals surface area contributed by atoms with Gasteiger partial charge in [-0.05, 0) is 36.4 Å². The van der Waals surface area contributed by atoms with Crippen molar-refractivity contribution in [2.24, 2.45) is 5.92 Å². The number of fused-ring (bicyclic) bond motifs is 1.